The molecule has 0 N–H and O–H groups in total. The van der Waals surface area contributed by atoms with Crippen LogP contribution in [0.25, 0.3) is 0 Å². The summed E-state index contributed by atoms with van der Waals surface area (Å²) in [5, 5.41) is 0. The van der Waals surface area contributed by atoms with Gasteiger partial charge >= 0.3 is 0 Å². The predicted molar refractivity (Wildman–Crippen MR) is 60.4 cm³/mol. The zero-order chi connectivity index (χ0) is 11.0. The summed E-state index contributed by atoms with van der Waals surface area (Å²) in [6.07, 6.45) is 0.673. The Labute approximate surface area is 91.2 Å². The van der Waals surface area contributed by atoms with Crippen LogP contribution >= 0.6 is 0 Å². The van der Waals surface area contributed by atoms with Gasteiger partial charge in [0.2, 0.25) is 0 Å². The van der Waals surface area contributed by atoms with Crippen LogP contribution in [0.2, 0.25) is 0 Å². The zero-order valence-electron chi connectivity index (χ0n) is 9.78. The maximum absolute atomic E-state index is 5.47. The van der Waals surface area contributed by atoms with Crippen LogP contribution in [-0.2, 0) is 4.74 Å². The zero-order valence-corrected chi connectivity index (χ0v) is 9.78. The Morgan fingerprint density at radius 1 is 1.33 bits per heavy atom. The van der Waals surface area contributed by atoms with Crippen molar-refractivity contribution in [2.45, 2.75) is 38.9 Å². The van der Waals surface area contributed by atoms with Gasteiger partial charge in [-0.2, -0.15) is 0 Å². The first-order valence-electron chi connectivity index (χ1n) is 5.46. The molecule has 1 aromatic rings. The van der Waals surface area contributed by atoms with Crippen molar-refractivity contribution >= 4 is 0 Å². The van der Waals surface area contributed by atoms with Gasteiger partial charge in [0.15, 0.2) is 0 Å². The van der Waals surface area contributed by atoms with Crippen molar-refractivity contribution in [1.29, 1.82) is 0 Å². The van der Waals surface area contributed by atoms with Gasteiger partial charge in [0.05, 0.1) is 13.2 Å². The fourth-order valence-corrected chi connectivity index (χ4v) is 1.92. The Hall–Kier alpha value is -1.02. The highest BCUT2D eigenvalue weighted by molar-refractivity contribution is 5.41. The van der Waals surface area contributed by atoms with Crippen LogP contribution in [0.15, 0.2) is 18.2 Å². The van der Waals surface area contributed by atoms with Crippen LogP contribution in [0.1, 0.15) is 43.9 Å². The van der Waals surface area contributed by atoms with Gasteiger partial charge in [0.1, 0.15) is 11.9 Å². The van der Waals surface area contributed by atoms with Crippen molar-refractivity contribution in [2.75, 3.05) is 7.11 Å². The monoisotopic (exact) mass is 206 g/mol. The maximum atomic E-state index is 5.47. The molecule has 0 saturated carbocycles. The Balaban J connectivity index is 2.32. The summed E-state index contributed by atoms with van der Waals surface area (Å²) in [6, 6.07) is 6.34. The van der Waals surface area contributed by atoms with Crippen molar-refractivity contribution < 1.29 is 9.47 Å². The van der Waals surface area contributed by atoms with Gasteiger partial charge in [-0.1, -0.05) is 19.9 Å². The Morgan fingerprint density at radius 3 is 2.47 bits per heavy atom. The van der Waals surface area contributed by atoms with E-state index in [1.165, 1.54) is 11.1 Å². The molecule has 82 valence electrons. The standard InChI is InChI=1S/C13H18O2/c1-8(2)11-7-10(13-9(3)15-13)5-6-12(11)14-4/h5-9,13H,1-4H3. The summed E-state index contributed by atoms with van der Waals surface area (Å²) in [5.74, 6) is 1.45. The summed E-state index contributed by atoms with van der Waals surface area (Å²) in [4.78, 5) is 0. The van der Waals surface area contributed by atoms with Gasteiger partial charge in [-0.25, -0.2) is 0 Å². The molecule has 0 aromatic heterocycles. The summed E-state index contributed by atoms with van der Waals surface area (Å²) in [7, 11) is 1.72. The third-order valence-electron chi connectivity index (χ3n) is 2.92. The molecule has 2 nitrogen and oxygen atoms in total. The Bertz CT molecular complexity index is 358. The Kier molecular flexibility index (Phi) is 2.70. The van der Waals surface area contributed by atoms with Crippen molar-refractivity contribution in [3.63, 3.8) is 0 Å². The normalized spacial score (nSPS) is 24.3. The van der Waals surface area contributed by atoms with E-state index < -0.39 is 0 Å². The first-order valence-corrected chi connectivity index (χ1v) is 5.46. The molecule has 0 aliphatic carbocycles. The van der Waals surface area contributed by atoms with E-state index in [4.69, 9.17) is 9.47 Å². The highest BCUT2D eigenvalue weighted by atomic mass is 16.6. The van der Waals surface area contributed by atoms with E-state index >= 15 is 0 Å². The minimum atomic E-state index is 0.299. The van der Waals surface area contributed by atoms with Gasteiger partial charge in [-0.15, -0.1) is 0 Å². The number of benzene rings is 1. The van der Waals surface area contributed by atoms with Gasteiger partial charge in [-0.3, -0.25) is 0 Å². The molecule has 2 heteroatoms. The molecule has 2 atom stereocenters. The smallest absolute Gasteiger partial charge is 0.122 e. The average molecular weight is 206 g/mol. The average Bonchev–Trinajstić information content (AvgIpc) is 2.94. The number of methoxy groups -OCH3 is 1. The van der Waals surface area contributed by atoms with E-state index in [1.807, 2.05) is 6.07 Å². The number of epoxide rings is 1. The number of ether oxygens (including phenoxy) is 2. The highest BCUT2D eigenvalue weighted by Crippen LogP contribution is 2.40. The lowest BCUT2D eigenvalue weighted by Gasteiger charge is -2.12. The second-order valence-electron chi connectivity index (χ2n) is 4.42. The molecule has 1 aliphatic rings. The topological polar surface area (TPSA) is 21.8 Å². The largest absolute Gasteiger partial charge is 0.496 e. The van der Waals surface area contributed by atoms with Gasteiger partial charge < -0.3 is 9.47 Å². The van der Waals surface area contributed by atoms with Gasteiger partial charge in [0, 0.05) is 0 Å². The van der Waals surface area contributed by atoms with Crippen LogP contribution < -0.4 is 4.74 Å². The number of hydrogen-bond donors (Lipinski definition) is 0. The lowest BCUT2D eigenvalue weighted by molar-refractivity contribution is 0.382. The molecule has 1 heterocycles. The SMILES string of the molecule is COc1ccc(C2OC2C)cc1C(C)C. The molecule has 2 unspecified atom stereocenters. The van der Waals surface area contributed by atoms with E-state index in [0.717, 1.165) is 5.75 Å². The molecular formula is C13H18O2. The molecule has 1 saturated heterocycles. The van der Waals surface area contributed by atoms with Crippen molar-refractivity contribution in [3.05, 3.63) is 29.3 Å². The van der Waals surface area contributed by atoms with Crippen LogP contribution in [0, 0.1) is 0 Å². The van der Waals surface area contributed by atoms with Crippen LogP contribution in [0.3, 0.4) is 0 Å². The van der Waals surface area contributed by atoms with E-state index in [9.17, 15) is 0 Å². The maximum Gasteiger partial charge on any atom is 0.122 e. The quantitative estimate of drug-likeness (QED) is 0.708. The Morgan fingerprint density at radius 2 is 2.00 bits per heavy atom. The molecule has 0 amide bonds. The summed E-state index contributed by atoms with van der Waals surface area (Å²) < 4.78 is 10.8. The predicted octanol–water partition coefficient (Wildman–Crippen LogP) is 3.28. The van der Waals surface area contributed by atoms with Crippen molar-refractivity contribution in [2.24, 2.45) is 0 Å². The minimum Gasteiger partial charge on any atom is -0.496 e. The molecular weight excluding hydrogens is 188 g/mol. The lowest BCUT2D eigenvalue weighted by Crippen LogP contribution is -1.96. The number of rotatable bonds is 3. The molecule has 1 aliphatic heterocycles. The summed E-state index contributed by atoms with van der Waals surface area (Å²) >= 11 is 0. The highest BCUT2D eigenvalue weighted by Gasteiger charge is 2.36. The molecule has 0 spiro atoms. The van der Waals surface area contributed by atoms with Gasteiger partial charge in [0.25, 0.3) is 0 Å². The minimum absolute atomic E-state index is 0.299. The molecule has 0 bridgehead atoms. The number of hydrogen-bond acceptors (Lipinski definition) is 2. The first-order chi connectivity index (χ1) is 7.13. The van der Waals surface area contributed by atoms with Crippen LogP contribution in [0.4, 0.5) is 0 Å². The fraction of sp³-hybridized carbons (Fsp3) is 0.538. The second-order valence-corrected chi connectivity index (χ2v) is 4.42. The van der Waals surface area contributed by atoms with E-state index in [0.29, 0.717) is 18.1 Å². The molecule has 0 radical (unpaired) electrons. The van der Waals surface area contributed by atoms with Crippen LogP contribution in [-0.4, -0.2) is 13.2 Å². The van der Waals surface area contributed by atoms with Crippen molar-refractivity contribution in [3.8, 4) is 5.75 Å². The molecule has 1 aromatic carbocycles. The van der Waals surface area contributed by atoms with E-state index in [1.54, 1.807) is 7.11 Å². The second kappa shape index (κ2) is 3.86. The first kappa shape index (κ1) is 10.5. The third-order valence-corrected chi connectivity index (χ3v) is 2.92. The molecule has 1 fully saturated rings. The summed E-state index contributed by atoms with van der Waals surface area (Å²) in [5.41, 5.74) is 2.53. The third kappa shape index (κ3) is 2.00. The molecule has 2 rings (SSSR count). The molecule has 15 heavy (non-hydrogen) atoms. The lowest BCUT2D eigenvalue weighted by atomic mass is 9.98. The van der Waals surface area contributed by atoms with Crippen molar-refractivity contribution in [1.82, 2.24) is 0 Å². The van der Waals surface area contributed by atoms with E-state index in [-0.39, 0.29) is 0 Å². The van der Waals surface area contributed by atoms with Crippen LogP contribution in [0.5, 0.6) is 5.75 Å². The summed E-state index contributed by atoms with van der Waals surface area (Å²) in [6.45, 7) is 6.46. The van der Waals surface area contributed by atoms with Gasteiger partial charge in [-0.05, 0) is 36.1 Å². The fourth-order valence-electron chi connectivity index (χ4n) is 1.92. The van der Waals surface area contributed by atoms with E-state index in [2.05, 4.69) is 32.9 Å².